The molecule has 1 N–H and O–H groups in total. The fourth-order valence-corrected chi connectivity index (χ4v) is 2.35. The lowest BCUT2D eigenvalue weighted by Gasteiger charge is -2.19. The zero-order chi connectivity index (χ0) is 13.8. The molecule has 100 valence electrons. The molecule has 0 bridgehead atoms. The van der Waals surface area contributed by atoms with Gasteiger partial charge < -0.3 is 5.32 Å². The normalized spacial score (nSPS) is 12.2. The molecule has 2 aromatic carbocycles. The monoisotopic (exact) mass is 341 g/mol. The summed E-state index contributed by atoms with van der Waals surface area (Å²) in [4.78, 5) is 0. The molecule has 0 radical (unpaired) electrons. The predicted octanol–water partition coefficient (Wildman–Crippen LogP) is 5.80. The number of hydrogen-bond acceptors (Lipinski definition) is 1. The van der Waals surface area contributed by atoms with Crippen LogP contribution in [0.2, 0.25) is 5.02 Å². The summed E-state index contributed by atoms with van der Waals surface area (Å²) < 4.78 is 14.3. The molecule has 0 aliphatic heterocycles. The second kappa shape index (κ2) is 6.40. The summed E-state index contributed by atoms with van der Waals surface area (Å²) in [5.41, 5.74) is 1.77. The maximum atomic E-state index is 13.3. The topological polar surface area (TPSA) is 12.0 Å². The first-order valence-corrected chi connectivity index (χ1v) is 7.24. The van der Waals surface area contributed by atoms with E-state index in [0.29, 0.717) is 10.7 Å². The van der Waals surface area contributed by atoms with Crippen LogP contribution in [0.25, 0.3) is 0 Å². The minimum Gasteiger partial charge on any atom is -0.377 e. The third-order valence-electron chi connectivity index (χ3n) is 2.94. The van der Waals surface area contributed by atoms with Gasteiger partial charge in [0.25, 0.3) is 0 Å². The maximum absolute atomic E-state index is 13.3. The Morgan fingerprint density at radius 3 is 2.53 bits per heavy atom. The molecule has 0 spiro atoms. The van der Waals surface area contributed by atoms with E-state index < -0.39 is 0 Å². The van der Waals surface area contributed by atoms with Crippen LogP contribution in [0, 0.1) is 5.82 Å². The molecular weight excluding hydrogens is 329 g/mol. The molecule has 0 aliphatic carbocycles. The molecule has 4 heteroatoms. The summed E-state index contributed by atoms with van der Waals surface area (Å²) in [6, 6.07) is 12.5. The highest BCUT2D eigenvalue weighted by Gasteiger charge is 2.11. The van der Waals surface area contributed by atoms with Crippen LogP contribution in [-0.2, 0) is 0 Å². The number of hydrogen-bond donors (Lipinski definition) is 1. The quantitative estimate of drug-likeness (QED) is 0.740. The Morgan fingerprint density at radius 2 is 1.89 bits per heavy atom. The lowest BCUT2D eigenvalue weighted by Crippen LogP contribution is -2.10. The van der Waals surface area contributed by atoms with Crippen molar-refractivity contribution in [2.24, 2.45) is 0 Å². The molecule has 1 nitrogen and oxygen atoms in total. The minimum atomic E-state index is -0.294. The molecule has 0 aliphatic rings. The zero-order valence-corrected chi connectivity index (χ0v) is 12.8. The molecule has 0 saturated heterocycles. The van der Waals surface area contributed by atoms with Gasteiger partial charge in [-0.25, -0.2) is 4.39 Å². The largest absolute Gasteiger partial charge is 0.377 e. The summed E-state index contributed by atoms with van der Waals surface area (Å²) in [5, 5.41) is 3.81. The number of benzene rings is 2. The predicted molar refractivity (Wildman–Crippen MR) is 82.2 cm³/mol. The van der Waals surface area contributed by atoms with Gasteiger partial charge in [0.05, 0.1) is 16.8 Å². The Labute approximate surface area is 125 Å². The fourth-order valence-electron chi connectivity index (χ4n) is 1.91. The summed E-state index contributed by atoms with van der Waals surface area (Å²) >= 11 is 9.49. The van der Waals surface area contributed by atoms with Gasteiger partial charge in [0.2, 0.25) is 0 Å². The molecule has 2 aromatic rings. The zero-order valence-electron chi connectivity index (χ0n) is 10.5. The standard InChI is InChI=1S/C15H14BrClFN/c1-2-14(10-3-5-11(16)6-4-10)19-15-9-12(18)7-8-13(15)17/h3-9,14,19H,2H2,1H3. The second-order valence-corrected chi connectivity index (χ2v) is 5.60. The summed E-state index contributed by atoms with van der Waals surface area (Å²) in [6.45, 7) is 2.08. The van der Waals surface area contributed by atoms with E-state index in [9.17, 15) is 4.39 Å². The Hall–Kier alpha value is -1.06. The van der Waals surface area contributed by atoms with Crippen LogP contribution in [0.5, 0.6) is 0 Å². The Morgan fingerprint density at radius 1 is 1.21 bits per heavy atom. The number of nitrogens with one attached hydrogen (secondary N) is 1. The van der Waals surface area contributed by atoms with Gasteiger partial charge in [0.15, 0.2) is 0 Å². The highest BCUT2D eigenvalue weighted by atomic mass is 79.9. The number of rotatable bonds is 4. The van der Waals surface area contributed by atoms with Crippen LogP contribution in [0.15, 0.2) is 46.9 Å². The third-order valence-corrected chi connectivity index (χ3v) is 3.80. The molecule has 1 atom stereocenters. The van der Waals surface area contributed by atoms with E-state index in [1.165, 1.54) is 12.1 Å². The summed E-state index contributed by atoms with van der Waals surface area (Å²) in [7, 11) is 0. The molecular formula is C15H14BrClFN. The average Bonchev–Trinajstić information content (AvgIpc) is 2.41. The van der Waals surface area contributed by atoms with Gasteiger partial charge in [0, 0.05) is 4.47 Å². The fraction of sp³-hybridized carbons (Fsp3) is 0.200. The van der Waals surface area contributed by atoms with Crippen molar-refractivity contribution in [3.8, 4) is 0 Å². The van der Waals surface area contributed by atoms with E-state index in [2.05, 4.69) is 28.2 Å². The Balaban J connectivity index is 2.23. The van der Waals surface area contributed by atoms with Gasteiger partial charge in [-0.15, -0.1) is 0 Å². The lowest BCUT2D eigenvalue weighted by molar-refractivity contribution is 0.627. The first-order chi connectivity index (χ1) is 9.10. The second-order valence-electron chi connectivity index (χ2n) is 4.28. The van der Waals surface area contributed by atoms with E-state index in [1.54, 1.807) is 6.07 Å². The van der Waals surface area contributed by atoms with Crippen LogP contribution in [-0.4, -0.2) is 0 Å². The first kappa shape index (κ1) is 14.4. The van der Waals surface area contributed by atoms with Crippen molar-refractivity contribution >= 4 is 33.2 Å². The van der Waals surface area contributed by atoms with E-state index >= 15 is 0 Å². The Bertz CT molecular complexity index is 557. The summed E-state index contributed by atoms with van der Waals surface area (Å²) in [5.74, 6) is -0.294. The molecule has 0 heterocycles. The molecule has 0 amide bonds. The average molecular weight is 343 g/mol. The SMILES string of the molecule is CCC(Nc1cc(F)ccc1Cl)c1ccc(Br)cc1. The van der Waals surface area contributed by atoms with Crippen LogP contribution in [0.1, 0.15) is 24.9 Å². The van der Waals surface area contributed by atoms with Crippen molar-refractivity contribution in [1.82, 2.24) is 0 Å². The first-order valence-electron chi connectivity index (χ1n) is 6.07. The third kappa shape index (κ3) is 3.71. The van der Waals surface area contributed by atoms with Crippen molar-refractivity contribution in [2.45, 2.75) is 19.4 Å². The van der Waals surface area contributed by atoms with Crippen LogP contribution >= 0.6 is 27.5 Å². The Kier molecular flexibility index (Phi) is 4.83. The lowest BCUT2D eigenvalue weighted by atomic mass is 10.0. The molecule has 0 saturated carbocycles. The molecule has 19 heavy (non-hydrogen) atoms. The molecule has 0 fully saturated rings. The van der Waals surface area contributed by atoms with Crippen LogP contribution in [0.3, 0.4) is 0 Å². The van der Waals surface area contributed by atoms with E-state index in [-0.39, 0.29) is 11.9 Å². The van der Waals surface area contributed by atoms with E-state index in [1.807, 2.05) is 24.3 Å². The molecule has 1 unspecified atom stereocenters. The van der Waals surface area contributed by atoms with Gasteiger partial charge in [-0.3, -0.25) is 0 Å². The number of halogens is 3. The van der Waals surface area contributed by atoms with Crippen molar-refractivity contribution in [3.63, 3.8) is 0 Å². The van der Waals surface area contributed by atoms with Crippen LogP contribution < -0.4 is 5.32 Å². The van der Waals surface area contributed by atoms with Gasteiger partial charge in [0.1, 0.15) is 5.82 Å². The minimum absolute atomic E-state index is 0.104. The van der Waals surface area contributed by atoms with Crippen molar-refractivity contribution in [3.05, 3.63) is 63.3 Å². The smallest absolute Gasteiger partial charge is 0.125 e. The van der Waals surface area contributed by atoms with Gasteiger partial charge in [-0.1, -0.05) is 46.6 Å². The van der Waals surface area contributed by atoms with Gasteiger partial charge in [-0.05, 0) is 42.3 Å². The van der Waals surface area contributed by atoms with E-state index in [0.717, 1.165) is 16.5 Å². The van der Waals surface area contributed by atoms with Gasteiger partial charge >= 0.3 is 0 Å². The van der Waals surface area contributed by atoms with Crippen molar-refractivity contribution in [1.29, 1.82) is 0 Å². The highest BCUT2D eigenvalue weighted by molar-refractivity contribution is 9.10. The molecule has 2 rings (SSSR count). The van der Waals surface area contributed by atoms with Gasteiger partial charge in [-0.2, -0.15) is 0 Å². The van der Waals surface area contributed by atoms with E-state index in [4.69, 9.17) is 11.6 Å². The summed E-state index contributed by atoms with van der Waals surface area (Å²) in [6.07, 6.45) is 0.883. The highest BCUT2D eigenvalue weighted by Crippen LogP contribution is 2.29. The van der Waals surface area contributed by atoms with Crippen molar-refractivity contribution in [2.75, 3.05) is 5.32 Å². The number of anilines is 1. The molecule has 0 aromatic heterocycles. The maximum Gasteiger partial charge on any atom is 0.125 e. The van der Waals surface area contributed by atoms with Crippen LogP contribution in [0.4, 0.5) is 10.1 Å². The van der Waals surface area contributed by atoms with Crippen molar-refractivity contribution < 1.29 is 4.39 Å².